The van der Waals surface area contributed by atoms with Crippen LogP contribution in [0.5, 0.6) is 0 Å². The number of aliphatic hydroxyl groups excluding tert-OH is 1. The van der Waals surface area contributed by atoms with Crippen LogP contribution in [-0.2, 0) is 16.0 Å². The minimum Gasteiger partial charge on any atom is -0.478 e. The molecular weight excluding hydrogens is 316 g/mol. The van der Waals surface area contributed by atoms with Crippen LogP contribution < -0.4 is 0 Å². The van der Waals surface area contributed by atoms with Crippen LogP contribution in [0.4, 0.5) is 0 Å². The van der Waals surface area contributed by atoms with Gasteiger partial charge in [-0.25, -0.2) is 14.4 Å². The van der Waals surface area contributed by atoms with Crippen LogP contribution in [0.2, 0.25) is 0 Å². The van der Waals surface area contributed by atoms with Crippen LogP contribution in [0.15, 0.2) is 24.8 Å². The molecule has 0 saturated heterocycles. The number of hydrogen-bond donors (Lipinski definition) is 3. The summed E-state index contributed by atoms with van der Waals surface area (Å²) in [4.78, 5) is 34.2. The number of benzene rings is 1. The van der Waals surface area contributed by atoms with Crippen molar-refractivity contribution in [2.24, 2.45) is 0 Å². The van der Waals surface area contributed by atoms with E-state index in [1.54, 1.807) is 6.92 Å². The fraction of sp³-hybridized carbons (Fsp3) is 0.353. The summed E-state index contributed by atoms with van der Waals surface area (Å²) >= 11 is 0. The molecule has 3 N–H and O–H groups in total. The fourth-order valence-electron chi connectivity index (χ4n) is 2.48. The van der Waals surface area contributed by atoms with Gasteiger partial charge in [0.2, 0.25) is 0 Å². The molecule has 7 nitrogen and oxygen atoms in total. The van der Waals surface area contributed by atoms with Gasteiger partial charge in [0.05, 0.1) is 23.8 Å². The van der Waals surface area contributed by atoms with Crippen LogP contribution in [0.1, 0.15) is 51.6 Å². The van der Waals surface area contributed by atoms with Crippen molar-refractivity contribution in [3.63, 3.8) is 0 Å². The predicted octanol–water partition coefficient (Wildman–Crippen LogP) is 1.84. The lowest BCUT2D eigenvalue weighted by atomic mass is 9.86. The first-order valence-corrected chi connectivity index (χ1v) is 7.28. The number of aliphatic hydroxyl groups is 1. The van der Waals surface area contributed by atoms with E-state index in [2.05, 4.69) is 6.58 Å². The molecule has 0 amide bonds. The summed E-state index contributed by atoms with van der Waals surface area (Å²) in [5.74, 6) is -4.00. The minimum absolute atomic E-state index is 0.138. The van der Waals surface area contributed by atoms with Crippen molar-refractivity contribution in [1.82, 2.24) is 0 Å². The molecule has 7 heteroatoms. The summed E-state index contributed by atoms with van der Waals surface area (Å²) in [7, 11) is 0. The Hall–Kier alpha value is -2.67. The van der Waals surface area contributed by atoms with Crippen LogP contribution >= 0.6 is 0 Å². The van der Waals surface area contributed by atoms with E-state index >= 15 is 0 Å². The van der Waals surface area contributed by atoms with E-state index < -0.39 is 29.9 Å². The van der Waals surface area contributed by atoms with Crippen molar-refractivity contribution in [1.29, 1.82) is 0 Å². The molecule has 0 saturated carbocycles. The van der Waals surface area contributed by atoms with E-state index in [-0.39, 0.29) is 29.7 Å². The SMILES string of the molecule is C=CC(=O)OCC(C)c1c(CC(C)O)ccc(C(=O)O)c1C(=O)O. The smallest absolute Gasteiger partial charge is 0.336 e. The standard InChI is InChI=1S/C17H20O7/c1-4-13(19)24-8-9(2)14-11(7-10(3)18)5-6-12(16(20)21)15(14)17(22)23/h4-6,9-10,18H,1,7-8H2,2-3H3,(H,20,21)(H,22,23). The predicted molar refractivity (Wildman–Crippen MR) is 85.3 cm³/mol. The Kier molecular flexibility index (Phi) is 6.67. The summed E-state index contributed by atoms with van der Waals surface area (Å²) in [5, 5.41) is 28.3. The van der Waals surface area contributed by atoms with E-state index in [1.807, 2.05) is 0 Å². The molecule has 2 unspecified atom stereocenters. The summed E-state index contributed by atoms with van der Waals surface area (Å²) in [6.45, 7) is 6.29. The Morgan fingerprint density at radius 3 is 2.29 bits per heavy atom. The Bertz CT molecular complexity index is 661. The summed E-state index contributed by atoms with van der Waals surface area (Å²) in [6.07, 6.45) is 0.383. The number of carboxylic acid groups (broad SMARTS) is 2. The molecule has 1 rings (SSSR count). The molecule has 130 valence electrons. The third kappa shape index (κ3) is 4.66. The minimum atomic E-state index is -1.39. The summed E-state index contributed by atoms with van der Waals surface area (Å²) < 4.78 is 4.94. The highest BCUT2D eigenvalue weighted by Gasteiger charge is 2.27. The van der Waals surface area contributed by atoms with Gasteiger partial charge in [-0.15, -0.1) is 0 Å². The molecule has 2 atom stereocenters. The van der Waals surface area contributed by atoms with Gasteiger partial charge in [-0.3, -0.25) is 0 Å². The average molecular weight is 336 g/mol. The maximum atomic E-state index is 11.6. The second-order valence-electron chi connectivity index (χ2n) is 5.46. The molecule has 24 heavy (non-hydrogen) atoms. The number of carbonyl (C=O) groups excluding carboxylic acids is 1. The second kappa shape index (κ2) is 8.26. The van der Waals surface area contributed by atoms with Gasteiger partial charge in [0.15, 0.2) is 0 Å². The maximum absolute atomic E-state index is 11.6. The third-order valence-corrected chi connectivity index (χ3v) is 3.43. The average Bonchev–Trinajstić information content (AvgIpc) is 2.50. The summed E-state index contributed by atoms with van der Waals surface area (Å²) in [5.41, 5.74) is 0.0197. The number of esters is 1. The van der Waals surface area contributed by atoms with Gasteiger partial charge in [0.25, 0.3) is 0 Å². The molecule has 1 aromatic rings. The number of carboxylic acids is 2. The monoisotopic (exact) mass is 336 g/mol. The first kappa shape index (κ1) is 19.4. The number of carbonyl (C=O) groups is 3. The van der Waals surface area contributed by atoms with Gasteiger partial charge >= 0.3 is 17.9 Å². The molecule has 0 heterocycles. The first-order chi connectivity index (χ1) is 11.2. The Labute approximate surface area is 139 Å². The number of ether oxygens (including phenoxy) is 1. The normalized spacial score (nSPS) is 13.0. The highest BCUT2D eigenvalue weighted by atomic mass is 16.5. The first-order valence-electron chi connectivity index (χ1n) is 7.28. The molecular formula is C17H20O7. The molecule has 0 aliphatic carbocycles. The molecule has 0 aromatic heterocycles. The van der Waals surface area contributed by atoms with Crippen molar-refractivity contribution in [2.45, 2.75) is 32.3 Å². The lowest BCUT2D eigenvalue weighted by Gasteiger charge is -2.21. The molecule has 0 radical (unpaired) electrons. The number of aromatic carboxylic acids is 2. The largest absolute Gasteiger partial charge is 0.478 e. The maximum Gasteiger partial charge on any atom is 0.336 e. The van der Waals surface area contributed by atoms with Gasteiger partial charge in [-0.1, -0.05) is 19.6 Å². The Morgan fingerprint density at radius 1 is 1.21 bits per heavy atom. The highest BCUT2D eigenvalue weighted by Crippen LogP contribution is 2.29. The van der Waals surface area contributed by atoms with E-state index in [0.29, 0.717) is 5.56 Å². The molecule has 0 aliphatic heterocycles. The zero-order valence-corrected chi connectivity index (χ0v) is 13.5. The van der Waals surface area contributed by atoms with Crippen molar-refractivity contribution in [2.75, 3.05) is 6.61 Å². The van der Waals surface area contributed by atoms with Crippen LogP contribution in [0.3, 0.4) is 0 Å². The van der Waals surface area contributed by atoms with Crippen LogP contribution in [0.25, 0.3) is 0 Å². The summed E-state index contributed by atoms with van der Waals surface area (Å²) in [6, 6.07) is 2.68. The molecule has 0 fully saturated rings. The van der Waals surface area contributed by atoms with Crippen LogP contribution in [-0.4, -0.2) is 45.9 Å². The van der Waals surface area contributed by atoms with Crippen molar-refractivity contribution >= 4 is 17.9 Å². The zero-order chi connectivity index (χ0) is 18.4. The fourth-order valence-corrected chi connectivity index (χ4v) is 2.48. The van der Waals surface area contributed by atoms with Gasteiger partial charge in [0, 0.05) is 12.0 Å². The topological polar surface area (TPSA) is 121 Å². The number of hydrogen-bond acceptors (Lipinski definition) is 5. The molecule has 1 aromatic carbocycles. The second-order valence-corrected chi connectivity index (χ2v) is 5.46. The van der Waals surface area contributed by atoms with Crippen molar-refractivity contribution < 1.29 is 34.4 Å². The quantitative estimate of drug-likeness (QED) is 0.489. The van der Waals surface area contributed by atoms with E-state index in [0.717, 1.165) is 6.08 Å². The molecule has 0 spiro atoms. The van der Waals surface area contributed by atoms with Crippen molar-refractivity contribution in [3.8, 4) is 0 Å². The van der Waals surface area contributed by atoms with Gasteiger partial charge in [0.1, 0.15) is 0 Å². The zero-order valence-electron chi connectivity index (χ0n) is 13.5. The van der Waals surface area contributed by atoms with Gasteiger partial charge in [-0.2, -0.15) is 0 Å². The van der Waals surface area contributed by atoms with E-state index in [9.17, 15) is 29.7 Å². The molecule has 0 bridgehead atoms. The van der Waals surface area contributed by atoms with Crippen LogP contribution in [0, 0.1) is 0 Å². The lowest BCUT2D eigenvalue weighted by molar-refractivity contribution is -0.138. The highest BCUT2D eigenvalue weighted by molar-refractivity contribution is 6.03. The molecule has 0 aliphatic rings. The van der Waals surface area contributed by atoms with Crippen molar-refractivity contribution in [3.05, 3.63) is 47.0 Å². The third-order valence-electron chi connectivity index (χ3n) is 3.43. The van der Waals surface area contributed by atoms with Gasteiger partial charge < -0.3 is 20.1 Å². The Balaban J connectivity index is 3.45. The lowest BCUT2D eigenvalue weighted by Crippen LogP contribution is -2.20. The number of rotatable bonds is 8. The van der Waals surface area contributed by atoms with E-state index in [4.69, 9.17) is 4.74 Å². The van der Waals surface area contributed by atoms with Gasteiger partial charge in [-0.05, 0) is 30.5 Å². The van der Waals surface area contributed by atoms with E-state index in [1.165, 1.54) is 19.1 Å². The Morgan fingerprint density at radius 2 is 1.83 bits per heavy atom.